The monoisotopic (exact) mass is 173 g/mol. The van der Waals surface area contributed by atoms with Gasteiger partial charge in [-0.1, -0.05) is 31.5 Å². The molecule has 0 heterocycles. The molecule has 0 aromatic carbocycles. The van der Waals surface area contributed by atoms with Crippen molar-refractivity contribution in [3.05, 3.63) is 11.6 Å². The van der Waals surface area contributed by atoms with Gasteiger partial charge in [-0.05, 0) is 18.9 Å². The van der Waals surface area contributed by atoms with E-state index in [4.69, 9.17) is 11.6 Å². The predicted molar refractivity (Wildman–Crippen MR) is 49.8 cm³/mol. The second-order valence-corrected chi connectivity index (χ2v) is 4.26. The van der Waals surface area contributed by atoms with Crippen LogP contribution < -0.4 is 0 Å². The SMILES string of the molecule is CN(C/C=C/Cl)C1CC1(C)C. The second kappa shape index (κ2) is 3.16. The fourth-order valence-electron chi connectivity index (χ4n) is 1.53. The molecule has 0 aliphatic heterocycles. The Morgan fingerprint density at radius 1 is 1.64 bits per heavy atom. The molecule has 1 nitrogen and oxygen atoms in total. The Morgan fingerprint density at radius 3 is 2.55 bits per heavy atom. The zero-order valence-electron chi connectivity index (χ0n) is 7.47. The Labute approximate surface area is 74.0 Å². The van der Waals surface area contributed by atoms with E-state index in [0.29, 0.717) is 5.41 Å². The molecule has 0 bridgehead atoms. The summed E-state index contributed by atoms with van der Waals surface area (Å²) in [5.41, 5.74) is 2.13. The third-order valence-corrected chi connectivity index (χ3v) is 2.65. The lowest BCUT2D eigenvalue weighted by atomic mass is 10.2. The number of halogens is 1. The van der Waals surface area contributed by atoms with Gasteiger partial charge in [-0.3, -0.25) is 4.90 Å². The van der Waals surface area contributed by atoms with Crippen LogP contribution in [0, 0.1) is 5.41 Å². The average Bonchev–Trinajstić information content (AvgIpc) is 2.55. The molecular weight excluding hydrogens is 158 g/mol. The highest BCUT2D eigenvalue weighted by atomic mass is 35.5. The van der Waals surface area contributed by atoms with Crippen molar-refractivity contribution in [2.75, 3.05) is 13.6 Å². The summed E-state index contributed by atoms with van der Waals surface area (Å²) < 4.78 is 0. The van der Waals surface area contributed by atoms with Crippen molar-refractivity contribution in [3.63, 3.8) is 0 Å². The van der Waals surface area contributed by atoms with E-state index in [2.05, 4.69) is 25.8 Å². The van der Waals surface area contributed by atoms with E-state index in [9.17, 15) is 0 Å². The molecule has 1 unspecified atom stereocenters. The van der Waals surface area contributed by atoms with Crippen LogP contribution in [0.3, 0.4) is 0 Å². The Hall–Kier alpha value is -0.0100. The van der Waals surface area contributed by atoms with Gasteiger partial charge in [-0.15, -0.1) is 0 Å². The van der Waals surface area contributed by atoms with E-state index in [1.54, 1.807) is 5.54 Å². The topological polar surface area (TPSA) is 3.24 Å². The molecule has 0 saturated heterocycles. The van der Waals surface area contributed by atoms with Crippen molar-refractivity contribution in [3.8, 4) is 0 Å². The summed E-state index contributed by atoms with van der Waals surface area (Å²) in [5.74, 6) is 0. The summed E-state index contributed by atoms with van der Waals surface area (Å²) in [5, 5.41) is 0. The van der Waals surface area contributed by atoms with Crippen LogP contribution in [0.2, 0.25) is 0 Å². The van der Waals surface area contributed by atoms with Gasteiger partial charge in [0.2, 0.25) is 0 Å². The summed E-state index contributed by atoms with van der Waals surface area (Å²) in [6, 6.07) is 0.760. The molecule has 0 aromatic rings. The smallest absolute Gasteiger partial charge is 0.0174 e. The Kier molecular flexibility index (Phi) is 2.61. The molecule has 1 aliphatic carbocycles. The Balaban J connectivity index is 2.28. The number of nitrogens with zero attached hydrogens (tertiary/aromatic N) is 1. The summed E-state index contributed by atoms with van der Waals surface area (Å²) in [4.78, 5) is 2.35. The number of hydrogen-bond acceptors (Lipinski definition) is 1. The highest BCUT2D eigenvalue weighted by molar-refractivity contribution is 6.25. The molecule has 64 valence electrons. The molecule has 1 aliphatic rings. The molecule has 1 rings (SSSR count). The quantitative estimate of drug-likeness (QED) is 0.634. The molecule has 0 N–H and O–H groups in total. The van der Waals surface area contributed by atoms with Gasteiger partial charge in [0, 0.05) is 18.1 Å². The molecule has 0 amide bonds. The van der Waals surface area contributed by atoms with Crippen LogP contribution in [-0.2, 0) is 0 Å². The van der Waals surface area contributed by atoms with Gasteiger partial charge in [0.05, 0.1) is 0 Å². The third-order valence-electron chi connectivity index (χ3n) is 2.48. The fraction of sp³-hybridized carbons (Fsp3) is 0.778. The fourth-order valence-corrected chi connectivity index (χ4v) is 1.60. The normalized spacial score (nSPS) is 28.3. The van der Waals surface area contributed by atoms with Crippen LogP contribution in [0.25, 0.3) is 0 Å². The summed E-state index contributed by atoms with van der Waals surface area (Å²) in [6.07, 6.45) is 3.30. The van der Waals surface area contributed by atoms with Crippen LogP contribution in [-0.4, -0.2) is 24.5 Å². The zero-order chi connectivity index (χ0) is 8.48. The lowest BCUT2D eigenvalue weighted by Gasteiger charge is -2.15. The first-order valence-corrected chi connectivity index (χ1v) is 4.47. The third kappa shape index (κ3) is 2.21. The van der Waals surface area contributed by atoms with Crippen molar-refractivity contribution in [1.29, 1.82) is 0 Å². The Bertz CT molecular complexity index is 163. The zero-order valence-corrected chi connectivity index (χ0v) is 8.23. The molecule has 0 aromatic heterocycles. The lowest BCUT2D eigenvalue weighted by molar-refractivity contribution is 0.316. The first kappa shape index (κ1) is 9.08. The average molecular weight is 174 g/mol. The first-order chi connectivity index (χ1) is 5.08. The standard InChI is InChI=1S/C9H16ClN/c1-9(2)7-8(9)11(3)6-4-5-10/h4-5,8H,6-7H2,1-3H3/b5-4+. The minimum atomic E-state index is 0.537. The minimum absolute atomic E-state index is 0.537. The van der Waals surface area contributed by atoms with Crippen LogP contribution in [0.5, 0.6) is 0 Å². The van der Waals surface area contributed by atoms with Crippen LogP contribution >= 0.6 is 11.6 Å². The molecular formula is C9H16ClN. The van der Waals surface area contributed by atoms with E-state index in [1.165, 1.54) is 6.42 Å². The maximum absolute atomic E-state index is 5.43. The first-order valence-electron chi connectivity index (χ1n) is 4.03. The molecule has 2 heteroatoms. The van der Waals surface area contributed by atoms with Crippen molar-refractivity contribution < 1.29 is 0 Å². The van der Waals surface area contributed by atoms with E-state index >= 15 is 0 Å². The van der Waals surface area contributed by atoms with E-state index in [1.807, 2.05) is 6.08 Å². The second-order valence-electron chi connectivity index (χ2n) is 4.01. The van der Waals surface area contributed by atoms with Gasteiger partial charge in [-0.25, -0.2) is 0 Å². The highest BCUT2D eigenvalue weighted by Gasteiger charge is 2.47. The van der Waals surface area contributed by atoms with E-state index in [-0.39, 0.29) is 0 Å². The van der Waals surface area contributed by atoms with Gasteiger partial charge in [0.15, 0.2) is 0 Å². The van der Waals surface area contributed by atoms with Crippen LogP contribution in [0.15, 0.2) is 11.6 Å². The van der Waals surface area contributed by atoms with Crippen molar-refractivity contribution in [1.82, 2.24) is 4.90 Å². The highest BCUT2D eigenvalue weighted by Crippen LogP contribution is 2.47. The molecule has 11 heavy (non-hydrogen) atoms. The number of hydrogen-bond donors (Lipinski definition) is 0. The number of rotatable bonds is 3. The predicted octanol–water partition coefficient (Wildman–Crippen LogP) is 2.47. The van der Waals surface area contributed by atoms with Crippen LogP contribution in [0.4, 0.5) is 0 Å². The van der Waals surface area contributed by atoms with Gasteiger partial charge < -0.3 is 0 Å². The molecule has 1 saturated carbocycles. The maximum Gasteiger partial charge on any atom is 0.0174 e. The summed E-state index contributed by atoms with van der Waals surface area (Å²) in [6.45, 7) is 5.58. The summed E-state index contributed by atoms with van der Waals surface area (Å²) >= 11 is 5.43. The minimum Gasteiger partial charge on any atom is -0.299 e. The van der Waals surface area contributed by atoms with E-state index in [0.717, 1.165) is 12.6 Å². The van der Waals surface area contributed by atoms with Gasteiger partial charge in [0.25, 0.3) is 0 Å². The number of likely N-dealkylation sites (N-methyl/N-ethyl adjacent to an activating group) is 1. The molecule has 0 radical (unpaired) electrons. The molecule has 1 atom stereocenters. The van der Waals surface area contributed by atoms with Crippen molar-refractivity contribution in [2.24, 2.45) is 5.41 Å². The van der Waals surface area contributed by atoms with E-state index < -0.39 is 0 Å². The largest absolute Gasteiger partial charge is 0.299 e. The van der Waals surface area contributed by atoms with Crippen molar-refractivity contribution >= 4 is 11.6 Å². The lowest BCUT2D eigenvalue weighted by Crippen LogP contribution is -2.24. The van der Waals surface area contributed by atoms with Gasteiger partial charge >= 0.3 is 0 Å². The molecule has 0 spiro atoms. The van der Waals surface area contributed by atoms with Crippen LogP contribution in [0.1, 0.15) is 20.3 Å². The summed E-state index contributed by atoms with van der Waals surface area (Å²) in [7, 11) is 2.15. The van der Waals surface area contributed by atoms with Crippen molar-refractivity contribution in [2.45, 2.75) is 26.3 Å². The molecule has 1 fully saturated rings. The van der Waals surface area contributed by atoms with Gasteiger partial charge in [0.1, 0.15) is 0 Å². The Morgan fingerprint density at radius 2 is 2.18 bits per heavy atom. The maximum atomic E-state index is 5.43. The van der Waals surface area contributed by atoms with Gasteiger partial charge in [-0.2, -0.15) is 0 Å².